The summed E-state index contributed by atoms with van der Waals surface area (Å²) in [6, 6.07) is 13.6. The molecule has 0 saturated heterocycles. The maximum absolute atomic E-state index is 12.4. The average molecular weight is 330 g/mol. The van der Waals surface area contributed by atoms with Crippen LogP contribution in [0, 0.1) is 6.92 Å². The summed E-state index contributed by atoms with van der Waals surface area (Å²) in [6.07, 6.45) is 0.852. The normalized spacial score (nSPS) is 16.8. The molecular weight excluding hydrogens is 310 g/mol. The molecule has 1 heterocycles. The summed E-state index contributed by atoms with van der Waals surface area (Å²) in [7, 11) is 0. The van der Waals surface area contributed by atoms with Crippen molar-refractivity contribution < 1.29 is 4.79 Å². The molecule has 0 aromatic heterocycles. The zero-order chi connectivity index (χ0) is 16.4. The average Bonchev–Trinajstić information content (AvgIpc) is 2.50. The summed E-state index contributed by atoms with van der Waals surface area (Å²) < 4.78 is 0. The summed E-state index contributed by atoms with van der Waals surface area (Å²) in [5.74, 6) is -0.0562. The molecule has 2 aromatic carbocycles. The Morgan fingerprint density at radius 2 is 2.13 bits per heavy atom. The smallest absolute Gasteiger partial charge is 0.243 e. The highest BCUT2D eigenvalue weighted by Crippen LogP contribution is 2.26. The molecule has 4 nitrogen and oxygen atoms in total. The molecule has 0 spiro atoms. The molecule has 1 amide bonds. The third kappa shape index (κ3) is 3.66. The summed E-state index contributed by atoms with van der Waals surface area (Å²) in [5, 5.41) is 3.61. The number of amides is 1. The van der Waals surface area contributed by atoms with Gasteiger partial charge >= 0.3 is 0 Å². The summed E-state index contributed by atoms with van der Waals surface area (Å²) in [4.78, 5) is 14.5. The van der Waals surface area contributed by atoms with Crippen LogP contribution in [0.25, 0.3) is 0 Å². The molecule has 23 heavy (non-hydrogen) atoms. The first kappa shape index (κ1) is 15.8. The second-order valence-electron chi connectivity index (χ2n) is 5.98. The molecule has 1 aliphatic heterocycles. The van der Waals surface area contributed by atoms with Gasteiger partial charge in [-0.3, -0.25) is 4.79 Å². The number of carbonyl (C=O) groups is 1. The van der Waals surface area contributed by atoms with Crippen LogP contribution in [0.1, 0.15) is 11.1 Å². The molecule has 0 saturated carbocycles. The van der Waals surface area contributed by atoms with Crippen LogP contribution in [0.5, 0.6) is 0 Å². The lowest BCUT2D eigenvalue weighted by molar-refractivity contribution is -0.115. The van der Waals surface area contributed by atoms with E-state index in [2.05, 4.69) is 11.4 Å². The van der Waals surface area contributed by atoms with Gasteiger partial charge in [-0.1, -0.05) is 29.8 Å². The van der Waals surface area contributed by atoms with Crippen molar-refractivity contribution in [2.24, 2.45) is 5.73 Å². The van der Waals surface area contributed by atoms with Gasteiger partial charge in [0.1, 0.15) is 0 Å². The highest BCUT2D eigenvalue weighted by molar-refractivity contribution is 6.30. The van der Waals surface area contributed by atoms with E-state index in [1.54, 1.807) is 6.07 Å². The van der Waals surface area contributed by atoms with Crippen LogP contribution in [0.3, 0.4) is 0 Å². The number of aryl methyl sites for hydroxylation is 1. The molecule has 3 N–H and O–H groups in total. The van der Waals surface area contributed by atoms with Crippen LogP contribution >= 0.6 is 11.6 Å². The molecule has 1 unspecified atom stereocenters. The van der Waals surface area contributed by atoms with E-state index in [4.69, 9.17) is 17.3 Å². The van der Waals surface area contributed by atoms with Gasteiger partial charge < -0.3 is 16.0 Å². The summed E-state index contributed by atoms with van der Waals surface area (Å²) in [6.45, 7) is 2.89. The third-order valence-corrected chi connectivity index (χ3v) is 4.30. The Balaban J connectivity index is 1.73. The standard InChI is InChI=1S/C18H20ClN3O/c1-12-8-14(19)6-7-16(12)21-18(23)11-22-10-15(20)9-13-4-2-3-5-17(13)22/h2-8,15H,9-11,20H2,1H3,(H,21,23). The van der Waals surface area contributed by atoms with Gasteiger partial charge in [0.2, 0.25) is 5.91 Å². The SMILES string of the molecule is Cc1cc(Cl)ccc1NC(=O)CN1CC(N)Cc2ccccc21. The van der Waals surface area contributed by atoms with Gasteiger partial charge in [-0.2, -0.15) is 0 Å². The lowest BCUT2D eigenvalue weighted by Crippen LogP contribution is -2.46. The van der Waals surface area contributed by atoms with Crippen LogP contribution in [0.4, 0.5) is 11.4 Å². The number of nitrogens with two attached hydrogens (primary N) is 1. The maximum atomic E-state index is 12.4. The molecule has 0 aliphatic carbocycles. The van der Waals surface area contributed by atoms with Crippen molar-refractivity contribution >= 4 is 28.9 Å². The molecule has 3 rings (SSSR count). The Labute approximate surface area is 141 Å². The number of rotatable bonds is 3. The molecule has 0 fully saturated rings. The highest BCUT2D eigenvalue weighted by atomic mass is 35.5. The quantitative estimate of drug-likeness (QED) is 0.910. The fraction of sp³-hybridized carbons (Fsp3) is 0.278. The van der Waals surface area contributed by atoms with Crippen LogP contribution in [0.15, 0.2) is 42.5 Å². The number of carbonyl (C=O) groups excluding carboxylic acids is 1. The van der Waals surface area contributed by atoms with E-state index in [9.17, 15) is 4.79 Å². The van der Waals surface area contributed by atoms with Crippen molar-refractivity contribution in [3.05, 3.63) is 58.6 Å². The Morgan fingerprint density at radius 3 is 2.91 bits per heavy atom. The number of nitrogens with one attached hydrogen (secondary N) is 1. The minimum Gasteiger partial charge on any atom is -0.360 e. The van der Waals surface area contributed by atoms with Crippen molar-refractivity contribution in [1.29, 1.82) is 0 Å². The van der Waals surface area contributed by atoms with E-state index in [-0.39, 0.29) is 18.5 Å². The number of hydrogen-bond acceptors (Lipinski definition) is 3. The fourth-order valence-electron chi connectivity index (χ4n) is 3.00. The molecule has 1 aliphatic rings. The number of benzene rings is 2. The second kappa shape index (κ2) is 6.60. The second-order valence-corrected chi connectivity index (χ2v) is 6.42. The van der Waals surface area contributed by atoms with Gasteiger partial charge in [0.25, 0.3) is 0 Å². The van der Waals surface area contributed by atoms with Crippen LogP contribution in [-0.2, 0) is 11.2 Å². The van der Waals surface area contributed by atoms with Crippen molar-refractivity contribution in [2.45, 2.75) is 19.4 Å². The molecule has 120 valence electrons. The van der Waals surface area contributed by atoms with Gasteiger partial charge in [-0.05, 0) is 48.7 Å². The summed E-state index contributed by atoms with van der Waals surface area (Å²) in [5.41, 5.74) is 10.1. The zero-order valence-electron chi connectivity index (χ0n) is 13.1. The fourth-order valence-corrected chi connectivity index (χ4v) is 3.23. The van der Waals surface area contributed by atoms with E-state index in [0.29, 0.717) is 11.6 Å². The highest BCUT2D eigenvalue weighted by Gasteiger charge is 2.23. The molecule has 5 heteroatoms. The minimum absolute atomic E-state index is 0.0509. The van der Waals surface area contributed by atoms with Crippen molar-refractivity contribution in [2.75, 3.05) is 23.3 Å². The largest absolute Gasteiger partial charge is 0.360 e. The number of halogens is 1. The van der Waals surface area contributed by atoms with E-state index >= 15 is 0 Å². The molecule has 0 bridgehead atoms. The predicted octanol–water partition coefficient (Wildman–Crippen LogP) is 2.98. The van der Waals surface area contributed by atoms with Crippen LogP contribution < -0.4 is 16.0 Å². The summed E-state index contributed by atoms with van der Waals surface area (Å²) >= 11 is 5.95. The first-order valence-corrected chi connectivity index (χ1v) is 8.05. The molecule has 0 radical (unpaired) electrons. The monoisotopic (exact) mass is 329 g/mol. The van der Waals surface area contributed by atoms with Crippen LogP contribution in [0.2, 0.25) is 5.02 Å². The molecule has 2 aromatic rings. The Kier molecular flexibility index (Phi) is 4.55. The molecule has 1 atom stereocenters. The number of para-hydroxylation sites is 1. The van der Waals surface area contributed by atoms with Gasteiger partial charge in [-0.25, -0.2) is 0 Å². The minimum atomic E-state index is -0.0562. The Bertz CT molecular complexity index is 732. The van der Waals surface area contributed by atoms with Gasteiger partial charge in [0.05, 0.1) is 6.54 Å². The van der Waals surface area contributed by atoms with Gasteiger partial charge in [-0.15, -0.1) is 0 Å². The van der Waals surface area contributed by atoms with Crippen molar-refractivity contribution in [1.82, 2.24) is 0 Å². The number of hydrogen-bond donors (Lipinski definition) is 2. The van der Waals surface area contributed by atoms with Gasteiger partial charge in [0.15, 0.2) is 0 Å². The van der Waals surface area contributed by atoms with Crippen molar-refractivity contribution in [3.8, 4) is 0 Å². The molecular formula is C18H20ClN3O. The zero-order valence-corrected chi connectivity index (χ0v) is 13.8. The van der Waals surface area contributed by atoms with E-state index in [1.165, 1.54) is 5.56 Å². The number of anilines is 2. The Morgan fingerprint density at radius 1 is 1.35 bits per heavy atom. The van der Waals surface area contributed by atoms with E-state index < -0.39 is 0 Å². The van der Waals surface area contributed by atoms with E-state index in [1.807, 2.05) is 42.2 Å². The van der Waals surface area contributed by atoms with Gasteiger partial charge in [0, 0.05) is 29.0 Å². The van der Waals surface area contributed by atoms with E-state index in [0.717, 1.165) is 23.4 Å². The first-order chi connectivity index (χ1) is 11.0. The Hall–Kier alpha value is -2.04. The maximum Gasteiger partial charge on any atom is 0.243 e. The predicted molar refractivity (Wildman–Crippen MR) is 95.2 cm³/mol. The number of nitrogens with zero attached hydrogens (tertiary/aromatic N) is 1. The topological polar surface area (TPSA) is 58.4 Å². The number of fused-ring (bicyclic) bond motifs is 1. The lowest BCUT2D eigenvalue weighted by atomic mass is 9.98. The lowest BCUT2D eigenvalue weighted by Gasteiger charge is -2.34. The first-order valence-electron chi connectivity index (χ1n) is 7.67. The van der Waals surface area contributed by atoms with Crippen molar-refractivity contribution in [3.63, 3.8) is 0 Å². The van der Waals surface area contributed by atoms with Crippen LogP contribution in [-0.4, -0.2) is 25.0 Å². The third-order valence-electron chi connectivity index (χ3n) is 4.07.